The lowest BCUT2D eigenvalue weighted by Crippen LogP contribution is -2.49. The Morgan fingerprint density at radius 1 is 1.35 bits per heavy atom. The quantitative estimate of drug-likeness (QED) is 0.529. The Labute approximate surface area is 161 Å². The number of hydrogen-bond acceptors (Lipinski definition) is 6. The molecule has 1 aromatic heterocycles. The Morgan fingerprint density at radius 2 is 2.04 bits per heavy atom. The summed E-state index contributed by atoms with van der Waals surface area (Å²) >= 11 is 1.70. The van der Waals surface area contributed by atoms with Crippen LogP contribution in [-0.2, 0) is 16.4 Å². The lowest BCUT2D eigenvalue weighted by atomic mass is 10.1. The van der Waals surface area contributed by atoms with Gasteiger partial charge in [-0.15, -0.1) is 11.3 Å². The molecule has 0 atom stereocenters. The van der Waals surface area contributed by atoms with Gasteiger partial charge in [-0.1, -0.05) is 0 Å². The molecule has 0 saturated carbocycles. The summed E-state index contributed by atoms with van der Waals surface area (Å²) in [5.74, 6) is 1.08. The number of rotatable bonds is 7. The maximum Gasteiger partial charge on any atom is 0.191 e. The second kappa shape index (κ2) is 9.66. The number of sulfone groups is 1. The fourth-order valence-electron chi connectivity index (χ4n) is 2.98. The van der Waals surface area contributed by atoms with Gasteiger partial charge in [-0.3, -0.25) is 0 Å². The van der Waals surface area contributed by atoms with Crippen LogP contribution in [0, 0.1) is 13.8 Å². The molecular weight excluding hydrogens is 370 g/mol. The predicted octanol–water partition coefficient (Wildman–Crippen LogP) is 1.32. The Hall–Kier alpha value is -1.19. The zero-order valence-electron chi connectivity index (χ0n) is 16.2. The number of likely N-dealkylation sites (tertiary alicyclic amines) is 1. The van der Waals surface area contributed by atoms with E-state index in [4.69, 9.17) is 4.99 Å². The largest absolute Gasteiger partial charge is 0.357 e. The van der Waals surface area contributed by atoms with Crippen LogP contribution in [0.3, 0.4) is 0 Å². The van der Waals surface area contributed by atoms with E-state index in [9.17, 15) is 8.42 Å². The van der Waals surface area contributed by atoms with Crippen molar-refractivity contribution >= 4 is 27.1 Å². The average Bonchev–Trinajstić information content (AvgIpc) is 2.89. The number of aryl methyl sites for hydroxylation is 2. The van der Waals surface area contributed by atoms with E-state index in [2.05, 4.69) is 27.4 Å². The smallest absolute Gasteiger partial charge is 0.191 e. The SMILES string of the molecule is CCNC(=NCc1sc(C)nc1C)NC1CCN(CCS(C)(=O)=O)CC1. The first-order chi connectivity index (χ1) is 12.3. The van der Waals surface area contributed by atoms with Crippen LogP contribution < -0.4 is 10.6 Å². The number of thiazole rings is 1. The number of nitrogens with one attached hydrogen (secondary N) is 2. The summed E-state index contributed by atoms with van der Waals surface area (Å²) in [6, 6.07) is 0.367. The van der Waals surface area contributed by atoms with E-state index < -0.39 is 9.84 Å². The molecular formula is C17H31N5O2S2. The van der Waals surface area contributed by atoms with Crippen molar-refractivity contribution in [2.45, 2.75) is 46.2 Å². The van der Waals surface area contributed by atoms with Crippen LogP contribution >= 0.6 is 11.3 Å². The maximum atomic E-state index is 11.3. The number of aliphatic imine (C=N–C) groups is 1. The van der Waals surface area contributed by atoms with Gasteiger partial charge in [0, 0.05) is 43.4 Å². The van der Waals surface area contributed by atoms with Crippen LogP contribution in [0.15, 0.2) is 4.99 Å². The van der Waals surface area contributed by atoms with Gasteiger partial charge < -0.3 is 15.5 Å². The number of nitrogens with zero attached hydrogens (tertiary/aromatic N) is 3. The van der Waals surface area contributed by atoms with Gasteiger partial charge in [0.1, 0.15) is 9.84 Å². The van der Waals surface area contributed by atoms with E-state index in [0.717, 1.165) is 49.1 Å². The summed E-state index contributed by atoms with van der Waals surface area (Å²) in [7, 11) is -2.89. The van der Waals surface area contributed by atoms with Gasteiger partial charge in [-0.05, 0) is 33.6 Å². The third kappa shape index (κ3) is 7.20. The van der Waals surface area contributed by atoms with Gasteiger partial charge in [-0.25, -0.2) is 18.4 Å². The van der Waals surface area contributed by atoms with Crippen molar-refractivity contribution in [1.29, 1.82) is 0 Å². The first-order valence-corrected chi connectivity index (χ1v) is 12.0. The Morgan fingerprint density at radius 3 is 2.58 bits per heavy atom. The molecule has 0 bridgehead atoms. The molecule has 0 aliphatic carbocycles. The molecule has 148 valence electrons. The van der Waals surface area contributed by atoms with E-state index in [-0.39, 0.29) is 5.75 Å². The van der Waals surface area contributed by atoms with Crippen molar-refractivity contribution in [2.24, 2.45) is 4.99 Å². The number of aromatic nitrogens is 1. The Bertz CT molecular complexity index is 707. The topological polar surface area (TPSA) is 86.7 Å². The second-order valence-corrected chi connectivity index (χ2v) is 10.4. The van der Waals surface area contributed by atoms with Crippen LogP contribution in [0.1, 0.15) is 35.3 Å². The molecule has 9 heteroatoms. The number of guanidine groups is 1. The highest BCUT2D eigenvalue weighted by Crippen LogP contribution is 2.18. The highest BCUT2D eigenvalue weighted by molar-refractivity contribution is 7.90. The molecule has 0 spiro atoms. The van der Waals surface area contributed by atoms with E-state index in [1.54, 1.807) is 11.3 Å². The lowest BCUT2D eigenvalue weighted by Gasteiger charge is -2.32. The van der Waals surface area contributed by atoms with Crippen LogP contribution in [-0.4, -0.2) is 68.5 Å². The Kier molecular flexibility index (Phi) is 7.85. The van der Waals surface area contributed by atoms with Gasteiger partial charge in [0.05, 0.1) is 23.0 Å². The summed E-state index contributed by atoms with van der Waals surface area (Å²) < 4.78 is 22.6. The molecule has 1 aliphatic rings. The predicted molar refractivity (Wildman–Crippen MR) is 109 cm³/mol. The standard InChI is InChI=1S/C17H31N5O2S2/c1-5-18-17(19-12-16-13(2)20-14(3)25-16)21-15-6-8-22(9-7-15)10-11-26(4,23)24/h15H,5-12H2,1-4H3,(H2,18,19,21). The molecule has 1 aliphatic heterocycles. The highest BCUT2D eigenvalue weighted by Gasteiger charge is 2.20. The Balaban J connectivity index is 1.84. The fraction of sp³-hybridized carbons (Fsp3) is 0.765. The van der Waals surface area contributed by atoms with Gasteiger partial charge in [-0.2, -0.15) is 0 Å². The summed E-state index contributed by atoms with van der Waals surface area (Å²) in [6.07, 6.45) is 3.28. The summed E-state index contributed by atoms with van der Waals surface area (Å²) in [5, 5.41) is 7.91. The molecule has 2 N–H and O–H groups in total. The van der Waals surface area contributed by atoms with E-state index in [0.29, 0.717) is 19.1 Å². The third-order valence-corrected chi connectivity index (χ3v) is 6.41. The number of hydrogen-bond donors (Lipinski definition) is 2. The van der Waals surface area contributed by atoms with Crippen molar-refractivity contribution in [3.8, 4) is 0 Å². The van der Waals surface area contributed by atoms with Crippen LogP contribution in [0.5, 0.6) is 0 Å². The van der Waals surface area contributed by atoms with Crippen molar-refractivity contribution < 1.29 is 8.42 Å². The average molecular weight is 402 g/mol. The van der Waals surface area contributed by atoms with Crippen LogP contribution in [0.4, 0.5) is 0 Å². The van der Waals surface area contributed by atoms with E-state index in [1.165, 1.54) is 11.1 Å². The molecule has 1 aromatic rings. The minimum absolute atomic E-state index is 0.239. The summed E-state index contributed by atoms with van der Waals surface area (Å²) in [5.41, 5.74) is 1.06. The lowest BCUT2D eigenvalue weighted by molar-refractivity contribution is 0.216. The van der Waals surface area contributed by atoms with Crippen LogP contribution in [0.2, 0.25) is 0 Å². The maximum absolute atomic E-state index is 11.3. The normalized spacial score (nSPS) is 17.5. The molecule has 26 heavy (non-hydrogen) atoms. The molecule has 0 radical (unpaired) electrons. The molecule has 0 unspecified atom stereocenters. The first-order valence-electron chi connectivity index (χ1n) is 9.14. The molecule has 0 amide bonds. The van der Waals surface area contributed by atoms with Gasteiger partial charge in [0.2, 0.25) is 0 Å². The van der Waals surface area contributed by atoms with Crippen molar-refractivity contribution in [1.82, 2.24) is 20.5 Å². The molecule has 0 aromatic carbocycles. The van der Waals surface area contributed by atoms with Crippen molar-refractivity contribution in [3.05, 3.63) is 15.6 Å². The van der Waals surface area contributed by atoms with Gasteiger partial charge in [0.15, 0.2) is 5.96 Å². The number of piperidine rings is 1. The molecule has 7 nitrogen and oxygen atoms in total. The highest BCUT2D eigenvalue weighted by atomic mass is 32.2. The molecule has 2 heterocycles. The molecule has 1 fully saturated rings. The fourth-order valence-corrected chi connectivity index (χ4v) is 4.43. The first kappa shape index (κ1) is 21.1. The van der Waals surface area contributed by atoms with Crippen LogP contribution in [0.25, 0.3) is 0 Å². The molecule has 2 rings (SSSR count). The van der Waals surface area contributed by atoms with Crippen molar-refractivity contribution in [2.75, 3.05) is 38.2 Å². The minimum Gasteiger partial charge on any atom is -0.357 e. The van der Waals surface area contributed by atoms with E-state index in [1.807, 2.05) is 13.8 Å². The van der Waals surface area contributed by atoms with Gasteiger partial charge in [0.25, 0.3) is 0 Å². The monoisotopic (exact) mass is 401 g/mol. The zero-order valence-corrected chi connectivity index (χ0v) is 17.8. The second-order valence-electron chi connectivity index (χ2n) is 6.83. The minimum atomic E-state index is -2.89. The summed E-state index contributed by atoms with van der Waals surface area (Å²) in [4.78, 5) is 12.6. The van der Waals surface area contributed by atoms with Crippen molar-refractivity contribution in [3.63, 3.8) is 0 Å². The van der Waals surface area contributed by atoms with Gasteiger partial charge >= 0.3 is 0 Å². The zero-order chi connectivity index (χ0) is 19.2. The molecule has 1 saturated heterocycles. The third-order valence-electron chi connectivity index (χ3n) is 4.43. The van der Waals surface area contributed by atoms with E-state index >= 15 is 0 Å². The summed E-state index contributed by atoms with van der Waals surface area (Å²) in [6.45, 7) is 10.0.